The lowest BCUT2D eigenvalue weighted by Crippen LogP contribution is -2.36. The molecule has 1 saturated carbocycles. The molecule has 2 aromatic rings. The largest absolute Gasteiger partial charge is 0.349 e. The molecule has 0 radical (unpaired) electrons. The fraction of sp³-hybridized carbons (Fsp3) is 0.300. The highest BCUT2D eigenvalue weighted by Crippen LogP contribution is 2.24. The maximum atomic E-state index is 12.7. The Hall–Kier alpha value is -1.85. The van der Waals surface area contributed by atoms with Crippen LogP contribution in [0.1, 0.15) is 52.8 Å². The molecule has 4 nitrogen and oxygen atoms in total. The zero-order valence-electron chi connectivity index (χ0n) is 14.2. The zero-order chi connectivity index (χ0) is 18.5. The molecule has 136 valence electrons. The van der Waals surface area contributed by atoms with Gasteiger partial charge >= 0.3 is 0 Å². The number of halogens is 2. The summed E-state index contributed by atoms with van der Waals surface area (Å²) in [5.74, 6) is -0.512. The molecule has 1 aliphatic carbocycles. The van der Waals surface area contributed by atoms with E-state index in [0.717, 1.165) is 30.2 Å². The predicted molar refractivity (Wildman–Crippen MR) is 108 cm³/mol. The molecule has 0 aromatic heterocycles. The number of anilines is 1. The number of amides is 2. The smallest absolute Gasteiger partial charge is 0.257 e. The normalized spacial score (nSPS) is 14.7. The summed E-state index contributed by atoms with van der Waals surface area (Å²) in [6, 6.07) is 12.3. The molecule has 6 heteroatoms. The van der Waals surface area contributed by atoms with E-state index in [1.54, 1.807) is 42.5 Å². The van der Waals surface area contributed by atoms with E-state index in [-0.39, 0.29) is 17.9 Å². The first-order valence-electron chi connectivity index (χ1n) is 8.71. The van der Waals surface area contributed by atoms with Gasteiger partial charge < -0.3 is 10.6 Å². The van der Waals surface area contributed by atoms with Gasteiger partial charge in [-0.15, -0.1) is 0 Å². The summed E-state index contributed by atoms with van der Waals surface area (Å²) in [6.07, 6.45) is 5.53. The van der Waals surface area contributed by atoms with Crippen LogP contribution in [0.5, 0.6) is 0 Å². The van der Waals surface area contributed by atoms with Gasteiger partial charge in [-0.3, -0.25) is 9.59 Å². The van der Waals surface area contributed by atoms with Crippen molar-refractivity contribution < 1.29 is 9.59 Å². The molecule has 1 fully saturated rings. The van der Waals surface area contributed by atoms with Crippen LogP contribution in [0.4, 0.5) is 5.69 Å². The molecule has 3 rings (SSSR count). The second kappa shape index (κ2) is 8.69. The Morgan fingerprint density at radius 3 is 2.46 bits per heavy atom. The number of carbonyl (C=O) groups is 2. The number of hydrogen-bond acceptors (Lipinski definition) is 2. The van der Waals surface area contributed by atoms with Crippen LogP contribution in [0, 0.1) is 0 Å². The summed E-state index contributed by atoms with van der Waals surface area (Å²) in [7, 11) is 0. The third-order valence-corrected chi connectivity index (χ3v) is 5.36. The molecular weight excluding hydrogens is 416 g/mol. The van der Waals surface area contributed by atoms with Crippen molar-refractivity contribution in [2.45, 2.75) is 38.1 Å². The molecule has 1 aliphatic rings. The lowest BCUT2D eigenvalue weighted by Gasteiger charge is -2.23. The number of benzene rings is 2. The van der Waals surface area contributed by atoms with E-state index in [1.165, 1.54) is 6.42 Å². The Morgan fingerprint density at radius 2 is 1.69 bits per heavy atom. The van der Waals surface area contributed by atoms with Gasteiger partial charge in [0.25, 0.3) is 11.8 Å². The Kier molecular flexibility index (Phi) is 6.33. The Morgan fingerprint density at radius 1 is 0.962 bits per heavy atom. The third kappa shape index (κ3) is 4.65. The number of rotatable bonds is 4. The summed E-state index contributed by atoms with van der Waals surface area (Å²) in [5.41, 5.74) is 1.28. The van der Waals surface area contributed by atoms with E-state index >= 15 is 0 Å². The minimum atomic E-state index is -0.353. The molecule has 0 unspecified atom stereocenters. The average molecular weight is 436 g/mol. The average Bonchev–Trinajstić information content (AvgIpc) is 2.65. The Labute approximate surface area is 166 Å². The second-order valence-corrected chi connectivity index (χ2v) is 7.76. The molecule has 0 bridgehead atoms. The molecule has 0 aliphatic heterocycles. The lowest BCUT2D eigenvalue weighted by molar-refractivity contribution is 0.0928. The first-order valence-corrected chi connectivity index (χ1v) is 9.88. The van der Waals surface area contributed by atoms with Gasteiger partial charge in [-0.25, -0.2) is 0 Å². The van der Waals surface area contributed by atoms with Gasteiger partial charge in [-0.05, 0) is 43.2 Å². The van der Waals surface area contributed by atoms with Crippen LogP contribution in [0.2, 0.25) is 5.02 Å². The highest BCUT2D eigenvalue weighted by atomic mass is 79.9. The maximum absolute atomic E-state index is 12.7. The predicted octanol–water partition coefficient (Wildman–Crippen LogP) is 5.42. The molecule has 2 amide bonds. The fourth-order valence-corrected chi connectivity index (χ4v) is 3.73. The van der Waals surface area contributed by atoms with Crippen molar-refractivity contribution in [3.05, 3.63) is 63.1 Å². The molecule has 0 spiro atoms. The van der Waals surface area contributed by atoms with Crippen LogP contribution in [0.15, 0.2) is 46.9 Å². The van der Waals surface area contributed by atoms with E-state index < -0.39 is 0 Å². The summed E-state index contributed by atoms with van der Waals surface area (Å²) >= 11 is 9.47. The summed E-state index contributed by atoms with van der Waals surface area (Å²) in [6.45, 7) is 0. The minimum Gasteiger partial charge on any atom is -0.349 e. The van der Waals surface area contributed by atoms with Crippen molar-refractivity contribution in [3.63, 3.8) is 0 Å². The van der Waals surface area contributed by atoms with Crippen molar-refractivity contribution in [2.75, 3.05) is 5.32 Å². The van der Waals surface area contributed by atoms with Gasteiger partial charge in [0.2, 0.25) is 0 Å². The summed E-state index contributed by atoms with van der Waals surface area (Å²) < 4.78 is 0.760. The summed E-state index contributed by atoms with van der Waals surface area (Å²) in [5, 5.41) is 6.25. The number of para-hydroxylation sites is 1. The van der Waals surface area contributed by atoms with Crippen LogP contribution in [0.25, 0.3) is 0 Å². The molecule has 0 heterocycles. The van der Waals surface area contributed by atoms with Crippen LogP contribution >= 0.6 is 27.5 Å². The number of carbonyl (C=O) groups excluding carboxylic acids is 2. The van der Waals surface area contributed by atoms with Crippen LogP contribution in [-0.2, 0) is 0 Å². The topological polar surface area (TPSA) is 58.2 Å². The highest BCUT2D eigenvalue weighted by Gasteiger charge is 2.20. The SMILES string of the molecule is O=C(Nc1ccccc1C(=O)NC1CCCCC1)c1cc(Br)ccc1Cl. The van der Waals surface area contributed by atoms with Crippen molar-refractivity contribution in [2.24, 2.45) is 0 Å². The zero-order valence-corrected chi connectivity index (χ0v) is 16.6. The van der Waals surface area contributed by atoms with Gasteiger partial charge in [0.05, 0.1) is 21.8 Å². The monoisotopic (exact) mass is 434 g/mol. The van der Waals surface area contributed by atoms with Gasteiger partial charge in [0.1, 0.15) is 0 Å². The third-order valence-electron chi connectivity index (χ3n) is 4.53. The molecule has 0 atom stereocenters. The molecule has 0 saturated heterocycles. The van der Waals surface area contributed by atoms with Crippen molar-refractivity contribution >= 4 is 45.0 Å². The van der Waals surface area contributed by atoms with Crippen molar-refractivity contribution in [3.8, 4) is 0 Å². The fourth-order valence-electron chi connectivity index (χ4n) is 3.16. The van der Waals surface area contributed by atoms with Crippen LogP contribution < -0.4 is 10.6 Å². The summed E-state index contributed by atoms with van der Waals surface area (Å²) in [4.78, 5) is 25.3. The molecule has 26 heavy (non-hydrogen) atoms. The number of nitrogens with one attached hydrogen (secondary N) is 2. The first-order chi connectivity index (χ1) is 12.5. The minimum absolute atomic E-state index is 0.159. The number of hydrogen-bond donors (Lipinski definition) is 2. The quantitative estimate of drug-likeness (QED) is 0.674. The van der Waals surface area contributed by atoms with Gasteiger partial charge in [0.15, 0.2) is 0 Å². The van der Waals surface area contributed by atoms with E-state index in [0.29, 0.717) is 21.8 Å². The first kappa shape index (κ1) is 18.9. The van der Waals surface area contributed by atoms with Crippen molar-refractivity contribution in [1.29, 1.82) is 0 Å². The van der Waals surface area contributed by atoms with E-state index in [4.69, 9.17) is 11.6 Å². The standard InChI is InChI=1S/C20H20BrClN2O2/c21-13-10-11-17(22)16(12-13)20(26)24-18-9-5-4-8-15(18)19(25)23-14-6-2-1-3-7-14/h4-5,8-12,14H,1-3,6-7H2,(H,23,25)(H,24,26). The maximum Gasteiger partial charge on any atom is 0.257 e. The van der Waals surface area contributed by atoms with Crippen molar-refractivity contribution in [1.82, 2.24) is 5.32 Å². The van der Waals surface area contributed by atoms with E-state index in [2.05, 4.69) is 26.6 Å². The van der Waals surface area contributed by atoms with Crippen LogP contribution in [-0.4, -0.2) is 17.9 Å². The second-order valence-electron chi connectivity index (χ2n) is 6.43. The molecule has 2 aromatic carbocycles. The van der Waals surface area contributed by atoms with E-state index in [9.17, 15) is 9.59 Å². The van der Waals surface area contributed by atoms with Gasteiger partial charge in [-0.1, -0.05) is 58.9 Å². The van der Waals surface area contributed by atoms with E-state index in [1.807, 2.05) is 0 Å². The highest BCUT2D eigenvalue weighted by molar-refractivity contribution is 9.10. The van der Waals surface area contributed by atoms with Gasteiger partial charge in [0, 0.05) is 10.5 Å². The molecular formula is C20H20BrClN2O2. The lowest BCUT2D eigenvalue weighted by atomic mass is 9.95. The Balaban J connectivity index is 1.77. The van der Waals surface area contributed by atoms with Crippen LogP contribution in [0.3, 0.4) is 0 Å². The Bertz CT molecular complexity index is 819. The molecule has 2 N–H and O–H groups in total. The van der Waals surface area contributed by atoms with Gasteiger partial charge in [-0.2, -0.15) is 0 Å².